The molecule has 0 unspecified atom stereocenters. The molecule has 13 heavy (non-hydrogen) atoms. The number of hydrogen-bond donors (Lipinski definition) is 0. The molecule has 0 bridgehead atoms. The van der Waals surface area contributed by atoms with Crippen LogP contribution in [0.4, 0.5) is 0 Å². The SMILES string of the molecule is CCOc1nn(COC)c(=O)n1C. The van der Waals surface area contributed by atoms with Crippen LogP contribution in [-0.4, -0.2) is 28.1 Å². The van der Waals surface area contributed by atoms with Crippen molar-refractivity contribution in [2.24, 2.45) is 7.05 Å². The number of hydrogen-bond acceptors (Lipinski definition) is 4. The molecule has 0 spiro atoms. The van der Waals surface area contributed by atoms with Crippen LogP contribution >= 0.6 is 0 Å². The van der Waals surface area contributed by atoms with Gasteiger partial charge in [-0.1, -0.05) is 0 Å². The van der Waals surface area contributed by atoms with E-state index in [1.165, 1.54) is 16.4 Å². The van der Waals surface area contributed by atoms with Crippen molar-refractivity contribution < 1.29 is 9.47 Å². The number of ether oxygens (including phenoxy) is 2. The Hall–Kier alpha value is -1.30. The molecule has 0 aliphatic rings. The molecular weight excluding hydrogens is 174 g/mol. The predicted octanol–water partition coefficient (Wildman–Crippen LogP) is -0.416. The molecule has 0 aromatic carbocycles. The maximum absolute atomic E-state index is 11.4. The highest BCUT2D eigenvalue weighted by Gasteiger charge is 2.09. The minimum atomic E-state index is -0.245. The van der Waals surface area contributed by atoms with E-state index in [4.69, 9.17) is 9.47 Å². The van der Waals surface area contributed by atoms with E-state index in [9.17, 15) is 4.79 Å². The molecule has 6 heteroatoms. The van der Waals surface area contributed by atoms with Crippen LogP contribution in [-0.2, 0) is 18.5 Å². The smallest absolute Gasteiger partial charge is 0.350 e. The summed E-state index contributed by atoms with van der Waals surface area (Å²) < 4.78 is 12.4. The van der Waals surface area contributed by atoms with Crippen molar-refractivity contribution in [2.45, 2.75) is 13.7 Å². The summed E-state index contributed by atoms with van der Waals surface area (Å²) in [7, 11) is 3.11. The number of rotatable bonds is 4. The third-order valence-corrected chi connectivity index (χ3v) is 1.53. The Morgan fingerprint density at radius 3 is 2.77 bits per heavy atom. The van der Waals surface area contributed by atoms with Crippen molar-refractivity contribution in [3.05, 3.63) is 10.5 Å². The zero-order chi connectivity index (χ0) is 9.84. The number of methoxy groups -OCH3 is 1. The molecule has 0 atom stereocenters. The van der Waals surface area contributed by atoms with Gasteiger partial charge < -0.3 is 9.47 Å². The average molecular weight is 187 g/mol. The highest BCUT2D eigenvalue weighted by atomic mass is 16.5. The standard InChI is InChI=1S/C7H13N3O3/c1-4-13-6-8-10(5-12-3)7(11)9(6)2/h4-5H2,1-3H3. The first-order chi connectivity index (χ1) is 6.20. The van der Waals surface area contributed by atoms with Gasteiger partial charge in [0.15, 0.2) is 0 Å². The van der Waals surface area contributed by atoms with Crippen molar-refractivity contribution in [3.8, 4) is 6.01 Å². The molecule has 74 valence electrons. The predicted molar refractivity (Wildman–Crippen MR) is 45.6 cm³/mol. The van der Waals surface area contributed by atoms with Gasteiger partial charge in [-0.2, -0.15) is 4.68 Å². The molecule has 0 radical (unpaired) electrons. The second kappa shape index (κ2) is 4.08. The van der Waals surface area contributed by atoms with Gasteiger partial charge in [0, 0.05) is 14.2 Å². The van der Waals surface area contributed by atoms with Gasteiger partial charge in [-0.3, -0.25) is 0 Å². The van der Waals surface area contributed by atoms with E-state index in [2.05, 4.69) is 5.10 Å². The lowest BCUT2D eigenvalue weighted by Crippen LogP contribution is -2.23. The molecule has 0 amide bonds. The lowest BCUT2D eigenvalue weighted by molar-refractivity contribution is 0.116. The first-order valence-corrected chi connectivity index (χ1v) is 3.96. The normalized spacial score (nSPS) is 10.4. The van der Waals surface area contributed by atoms with Gasteiger partial charge in [0.25, 0.3) is 0 Å². The van der Waals surface area contributed by atoms with Gasteiger partial charge >= 0.3 is 11.7 Å². The van der Waals surface area contributed by atoms with E-state index in [0.29, 0.717) is 12.6 Å². The molecule has 0 saturated carbocycles. The highest BCUT2D eigenvalue weighted by molar-refractivity contribution is 4.91. The zero-order valence-electron chi connectivity index (χ0n) is 7.98. The molecule has 0 aliphatic carbocycles. The van der Waals surface area contributed by atoms with Crippen molar-refractivity contribution in [1.29, 1.82) is 0 Å². The number of nitrogens with zero attached hydrogens (tertiary/aromatic N) is 3. The first-order valence-electron chi connectivity index (χ1n) is 3.96. The molecule has 1 aromatic rings. The third kappa shape index (κ3) is 1.89. The quantitative estimate of drug-likeness (QED) is 0.642. The topological polar surface area (TPSA) is 58.3 Å². The summed E-state index contributed by atoms with van der Waals surface area (Å²) in [6, 6.07) is 0.310. The van der Waals surface area contributed by atoms with Crippen LogP contribution < -0.4 is 10.4 Å². The fourth-order valence-corrected chi connectivity index (χ4v) is 0.929. The Balaban J connectivity index is 2.98. The van der Waals surface area contributed by atoms with Crippen LogP contribution in [0, 0.1) is 0 Å². The lowest BCUT2D eigenvalue weighted by Gasteiger charge is -1.97. The van der Waals surface area contributed by atoms with E-state index >= 15 is 0 Å². The van der Waals surface area contributed by atoms with Crippen LogP contribution in [0.25, 0.3) is 0 Å². The molecule has 0 fully saturated rings. The van der Waals surface area contributed by atoms with E-state index in [-0.39, 0.29) is 12.4 Å². The molecule has 0 N–H and O–H groups in total. The molecule has 1 aromatic heterocycles. The molecule has 1 heterocycles. The molecule has 1 rings (SSSR count). The molecule has 0 aliphatic heterocycles. The Kier molecular flexibility index (Phi) is 3.07. The largest absolute Gasteiger partial charge is 0.464 e. The van der Waals surface area contributed by atoms with Crippen LogP contribution in [0.15, 0.2) is 4.79 Å². The second-order valence-electron chi connectivity index (χ2n) is 2.47. The van der Waals surface area contributed by atoms with E-state index in [1.54, 1.807) is 7.05 Å². The van der Waals surface area contributed by atoms with E-state index in [0.717, 1.165) is 0 Å². The maximum Gasteiger partial charge on any atom is 0.350 e. The lowest BCUT2D eigenvalue weighted by atomic mass is 10.8. The van der Waals surface area contributed by atoms with Crippen molar-refractivity contribution in [3.63, 3.8) is 0 Å². The molecule has 6 nitrogen and oxygen atoms in total. The molecular formula is C7H13N3O3. The minimum absolute atomic E-state index is 0.139. The Morgan fingerprint density at radius 2 is 2.23 bits per heavy atom. The minimum Gasteiger partial charge on any atom is -0.464 e. The van der Waals surface area contributed by atoms with Crippen LogP contribution in [0.3, 0.4) is 0 Å². The summed E-state index contributed by atoms with van der Waals surface area (Å²) in [5.74, 6) is 0. The third-order valence-electron chi connectivity index (χ3n) is 1.53. The summed E-state index contributed by atoms with van der Waals surface area (Å²) in [5.41, 5.74) is -0.245. The van der Waals surface area contributed by atoms with Crippen LogP contribution in [0.1, 0.15) is 6.92 Å². The summed E-state index contributed by atoms with van der Waals surface area (Å²) in [6.45, 7) is 2.46. The fraction of sp³-hybridized carbons (Fsp3) is 0.714. The van der Waals surface area contributed by atoms with Crippen molar-refractivity contribution >= 4 is 0 Å². The summed E-state index contributed by atoms with van der Waals surface area (Å²) >= 11 is 0. The molecule has 0 saturated heterocycles. The summed E-state index contributed by atoms with van der Waals surface area (Å²) in [5, 5.41) is 3.91. The van der Waals surface area contributed by atoms with Gasteiger partial charge in [-0.15, -0.1) is 5.10 Å². The zero-order valence-corrected chi connectivity index (χ0v) is 7.98. The van der Waals surface area contributed by atoms with E-state index in [1.807, 2.05) is 6.92 Å². The second-order valence-corrected chi connectivity index (χ2v) is 2.47. The van der Waals surface area contributed by atoms with Gasteiger partial charge in [0.05, 0.1) is 6.61 Å². The van der Waals surface area contributed by atoms with Crippen molar-refractivity contribution in [2.75, 3.05) is 13.7 Å². The highest BCUT2D eigenvalue weighted by Crippen LogP contribution is 1.99. The van der Waals surface area contributed by atoms with Gasteiger partial charge in [0.1, 0.15) is 6.73 Å². The number of aromatic nitrogens is 3. The Labute approximate surface area is 75.7 Å². The maximum atomic E-state index is 11.4. The van der Waals surface area contributed by atoms with Crippen LogP contribution in [0.5, 0.6) is 6.01 Å². The Morgan fingerprint density at radius 1 is 1.54 bits per heavy atom. The summed E-state index contributed by atoms with van der Waals surface area (Å²) in [4.78, 5) is 11.4. The summed E-state index contributed by atoms with van der Waals surface area (Å²) in [6.07, 6.45) is 0. The van der Waals surface area contributed by atoms with E-state index < -0.39 is 0 Å². The van der Waals surface area contributed by atoms with Gasteiger partial charge in [0.2, 0.25) is 0 Å². The fourth-order valence-electron chi connectivity index (χ4n) is 0.929. The van der Waals surface area contributed by atoms with Gasteiger partial charge in [-0.25, -0.2) is 9.36 Å². The monoisotopic (exact) mass is 187 g/mol. The average Bonchev–Trinajstić information content (AvgIpc) is 2.36. The van der Waals surface area contributed by atoms with Crippen LogP contribution in [0.2, 0.25) is 0 Å². The van der Waals surface area contributed by atoms with Gasteiger partial charge in [-0.05, 0) is 6.92 Å². The van der Waals surface area contributed by atoms with Crippen molar-refractivity contribution in [1.82, 2.24) is 14.3 Å². The Bertz CT molecular complexity index is 328. The first kappa shape index (κ1) is 9.79.